The summed E-state index contributed by atoms with van der Waals surface area (Å²) in [4.78, 5) is 4.02. The smallest absolute Gasteiger partial charge is 0.144 e. The van der Waals surface area contributed by atoms with Gasteiger partial charge in [0.2, 0.25) is 0 Å². The summed E-state index contributed by atoms with van der Waals surface area (Å²) in [6.45, 7) is 0.765. The molecule has 0 radical (unpaired) electrons. The van der Waals surface area contributed by atoms with E-state index in [-0.39, 0.29) is 0 Å². The largest absolute Gasteiger partial charge is 0.310 e. The van der Waals surface area contributed by atoms with Crippen molar-refractivity contribution in [1.82, 2.24) is 10.3 Å². The molecule has 2 rings (SSSR count). The number of hydrogen-bond donors (Lipinski definition) is 1. The molecule has 0 amide bonds. The van der Waals surface area contributed by atoms with Crippen LogP contribution < -0.4 is 5.32 Å². The number of rotatable bonds is 3. The summed E-state index contributed by atoms with van der Waals surface area (Å²) >= 11 is 0. The van der Waals surface area contributed by atoms with Crippen molar-refractivity contribution in [3.63, 3.8) is 0 Å². The number of aromatic nitrogens is 1. The molecule has 1 heterocycles. The van der Waals surface area contributed by atoms with Crippen LogP contribution in [0.3, 0.4) is 0 Å². The van der Waals surface area contributed by atoms with Crippen LogP contribution in [0.25, 0.3) is 0 Å². The maximum atomic E-state index is 8.81. The Balaban J connectivity index is 1.97. The van der Waals surface area contributed by atoms with E-state index in [2.05, 4.69) is 16.4 Å². The van der Waals surface area contributed by atoms with Crippen LogP contribution in [0, 0.1) is 11.3 Å². The summed E-state index contributed by atoms with van der Waals surface area (Å²) in [6, 6.07) is 6.59. The Labute approximate surface area is 83.8 Å². The summed E-state index contributed by atoms with van der Waals surface area (Å²) in [5, 5.41) is 12.2. The van der Waals surface area contributed by atoms with Crippen molar-refractivity contribution in [3.8, 4) is 6.07 Å². The lowest BCUT2D eigenvalue weighted by Gasteiger charge is -2.26. The quantitative estimate of drug-likeness (QED) is 0.781. The molecule has 0 aromatic carbocycles. The van der Waals surface area contributed by atoms with Gasteiger partial charge in [-0.2, -0.15) is 5.26 Å². The van der Waals surface area contributed by atoms with Crippen molar-refractivity contribution in [2.24, 2.45) is 0 Å². The summed E-state index contributed by atoms with van der Waals surface area (Å²) in [6.07, 6.45) is 5.52. The van der Waals surface area contributed by atoms with Crippen molar-refractivity contribution in [2.75, 3.05) is 0 Å². The van der Waals surface area contributed by atoms with Gasteiger partial charge < -0.3 is 5.32 Å². The van der Waals surface area contributed by atoms with E-state index in [4.69, 9.17) is 5.26 Å². The molecule has 1 N–H and O–H groups in total. The third-order valence-electron chi connectivity index (χ3n) is 2.68. The Morgan fingerprint density at radius 2 is 2.43 bits per heavy atom. The molecule has 72 valence electrons. The first kappa shape index (κ1) is 9.17. The summed E-state index contributed by atoms with van der Waals surface area (Å²) in [5.74, 6) is 0. The van der Waals surface area contributed by atoms with Crippen LogP contribution in [0.2, 0.25) is 0 Å². The molecular formula is C11H13N3. The van der Waals surface area contributed by atoms with Gasteiger partial charge in [-0.05, 0) is 18.9 Å². The second kappa shape index (κ2) is 4.21. The molecule has 0 atom stereocenters. The SMILES string of the molecule is N#Cc1ncccc1CNC1CCC1. The predicted molar refractivity (Wildman–Crippen MR) is 53.4 cm³/mol. The first-order valence-corrected chi connectivity index (χ1v) is 4.97. The molecular weight excluding hydrogens is 174 g/mol. The lowest BCUT2D eigenvalue weighted by Crippen LogP contribution is -2.34. The molecule has 0 bridgehead atoms. The van der Waals surface area contributed by atoms with E-state index in [0.717, 1.165) is 12.1 Å². The third kappa shape index (κ3) is 1.91. The first-order valence-electron chi connectivity index (χ1n) is 4.97. The van der Waals surface area contributed by atoms with E-state index in [9.17, 15) is 0 Å². The van der Waals surface area contributed by atoms with E-state index in [1.807, 2.05) is 12.1 Å². The highest BCUT2D eigenvalue weighted by atomic mass is 14.9. The fourth-order valence-corrected chi connectivity index (χ4v) is 1.55. The number of pyridine rings is 1. The first-order chi connectivity index (χ1) is 6.90. The second-order valence-corrected chi connectivity index (χ2v) is 3.63. The van der Waals surface area contributed by atoms with Gasteiger partial charge in [0.25, 0.3) is 0 Å². The highest BCUT2D eigenvalue weighted by Gasteiger charge is 2.16. The van der Waals surface area contributed by atoms with Crippen molar-refractivity contribution < 1.29 is 0 Å². The van der Waals surface area contributed by atoms with E-state index < -0.39 is 0 Å². The number of hydrogen-bond acceptors (Lipinski definition) is 3. The minimum atomic E-state index is 0.541. The molecule has 1 aromatic rings. The summed E-state index contributed by atoms with van der Waals surface area (Å²) < 4.78 is 0. The van der Waals surface area contributed by atoms with Crippen molar-refractivity contribution in [2.45, 2.75) is 31.8 Å². The van der Waals surface area contributed by atoms with Gasteiger partial charge >= 0.3 is 0 Å². The Morgan fingerprint density at radius 3 is 3.07 bits per heavy atom. The lowest BCUT2D eigenvalue weighted by molar-refractivity contribution is 0.338. The highest BCUT2D eigenvalue weighted by Crippen LogP contribution is 2.18. The number of nitrogens with zero attached hydrogens (tertiary/aromatic N) is 2. The standard InChI is InChI=1S/C11H13N3/c12-7-11-9(3-2-6-13-11)8-14-10-4-1-5-10/h2-3,6,10,14H,1,4-5,8H2. The van der Waals surface area contributed by atoms with Gasteiger partial charge in [-0.1, -0.05) is 12.5 Å². The topological polar surface area (TPSA) is 48.7 Å². The van der Waals surface area contributed by atoms with Crippen LogP contribution in [-0.2, 0) is 6.54 Å². The lowest BCUT2D eigenvalue weighted by atomic mass is 9.93. The molecule has 0 unspecified atom stereocenters. The molecule has 1 aliphatic rings. The van der Waals surface area contributed by atoms with E-state index in [1.165, 1.54) is 19.3 Å². The average Bonchev–Trinajstić information content (AvgIpc) is 2.16. The zero-order valence-electron chi connectivity index (χ0n) is 8.03. The maximum absolute atomic E-state index is 8.81. The van der Waals surface area contributed by atoms with Crippen LogP contribution >= 0.6 is 0 Å². The highest BCUT2D eigenvalue weighted by molar-refractivity contribution is 5.30. The monoisotopic (exact) mass is 187 g/mol. The third-order valence-corrected chi connectivity index (χ3v) is 2.68. The maximum Gasteiger partial charge on any atom is 0.144 e. The number of nitrogens with one attached hydrogen (secondary N) is 1. The zero-order valence-corrected chi connectivity index (χ0v) is 8.03. The molecule has 0 aliphatic heterocycles. The van der Waals surface area contributed by atoms with E-state index in [0.29, 0.717) is 11.7 Å². The molecule has 1 saturated carbocycles. The van der Waals surface area contributed by atoms with Gasteiger partial charge in [-0.25, -0.2) is 4.98 Å². The van der Waals surface area contributed by atoms with E-state index in [1.54, 1.807) is 6.20 Å². The van der Waals surface area contributed by atoms with Gasteiger partial charge in [-0.15, -0.1) is 0 Å². The molecule has 1 aliphatic carbocycles. The Bertz CT molecular complexity index is 350. The fourth-order valence-electron chi connectivity index (χ4n) is 1.55. The van der Waals surface area contributed by atoms with Crippen LogP contribution in [0.5, 0.6) is 0 Å². The van der Waals surface area contributed by atoms with Crippen LogP contribution in [-0.4, -0.2) is 11.0 Å². The average molecular weight is 187 g/mol. The molecule has 1 aromatic heterocycles. The van der Waals surface area contributed by atoms with Gasteiger partial charge in [0.05, 0.1) is 0 Å². The molecule has 14 heavy (non-hydrogen) atoms. The summed E-state index contributed by atoms with van der Waals surface area (Å²) in [7, 11) is 0. The molecule has 0 spiro atoms. The Kier molecular flexibility index (Phi) is 2.76. The second-order valence-electron chi connectivity index (χ2n) is 3.63. The van der Waals surface area contributed by atoms with Crippen LogP contribution in [0.1, 0.15) is 30.5 Å². The number of nitriles is 1. The molecule has 3 nitrogen and oxygen atoms in total. The molecule has 0 saturated heterocycles. The van der Waals surface area contributed by atoms with Crippen LogP contribution in [0.4, 0.5) is 0 Å². The Hall–Kier alpha value is -1.40. The molecule has 1 fully saturated rings. The minimum Gasteiger partial charge on any atom is -0.310 e. The zero-order chi connectivity index (χ0) is 9.80. The van der Waals surface area contributed by atoms with Gasteiger partial charge in [0, 0.05) is 24.3 Å². The van der Waals surface area contributed by atoms with Gasteiger partial charge in [0.15, 0.2) is 0 Å². The normalized spacial score (nSPS) is 15.9. The fraction of sp³-hybridized carbons (Fsp3) is 0.455. The van der Waals surface area contributed by atoms with Crippen molar-refractivity contribution in [1.29, 1.82) is 5.26 Å². The van der Waals surface area contributed by atoms with Crippen molar-refractivity contribution in [3.05, 3.63) is 29.6 Å². The van der Waals surface area contributed by atoms with E-state index >= 15 is 0 Å². The Morgan fingerprint density at radius 1 is 1.57 bits per heavy atom. The van der Waals surface area contributed by atoms with Crippen molar-refractivity contribution >= 4 is 0 Å². The molecule has 3 heteroatoms. The van der Waals surface area contributed by atoms with Crippen LogP contribution in [0.15, 0.2) is 18.3 Å². The minimum absolute atomic E-state index is 0.541. The van der Waals surface area contributed by atoms with Gasteiger partial charge in [0.1, 0.15) is 11.8 Å². The predicted octanol–water partition coefficient (Wildman–Crippen LogP) is 1.60. The summed E-state index contributed by atoms with van der Waals surface area (Å²) in [5.41, 5.74) is 1.54. The van der Waals surface area contributed by atoms with Gasteiger partial charge in [-0.3, -0.25) is 0 Å².